The van der Waals surface area contributed by atoms with Gasteiger partial charge in [-0.1, -0.05) is 0 Å². The number of nitrogens with zero attached hydrogens (tertiary/aromatic N) is 2. The van der Waals surface area contributed by atoms with Crippen molar-refractivity contribution < 1.29 is 18.7 Å². The van der Waals surface area contributed by atoms with Crippen LogP contribution in [0.1, 0.15) is 23.2 Å². The summed E-state index contributed by atoms with van der Waals surface area (Å²) in [6.45, 7) is 1.81. The van der Waals surface area contributed by atoms with Gasteiger partial charge in [-0.15, -0.1) is 11.8 Å². The summed E-state index contributed by atoms with van der Waals surface area (Å²) >= 11 is 1.78. The predicted octanol–water partition coefficient (Wildman–Crippen LogP) is 4.05. The Bertz CT molecular complexity index is 912. The van der Waals surface area contributed by atoms with Gasteiger partial charge in [-0.05, 0) is 61.4 Å². The van der Waals surface area contributed by atoms with E-state index in [1.165, 1.54) is 24.3 Å². The Labute approximate surface area is 179 Å². The molecule has 2 aromatic rings. The highest BCUT2D eigenvalue weighted by Crippen LogP contribution is 2.44. The number of carbonyl (C=O) groups is 2. The minimum atomic E-state index is -0.353. The highest BCUT2D eigenvalue weighted by atomic mass is 32.2. The lowest BCUT2D eigenvalue weighted by Gasteiger charge is -2.44. The van der Waals surface area contributed by atoms with Gasteiger partial charge in [0.15, 0.2) is 0 Å². The highest BCUT2D eigenvalue weighted by molar-refractivity contribution is 8.00. The number of hydrogen-bond acceptors (Lipinski definition) is 4. The van der Waals surface area contributed by atoms with E-state index >= 15 is 0 Å². The normalized spacial score (nSPS) is 17.8. The van der Waals surface area contributed by atoms with Crippen LogP contribution in [0, 0.1) is 5.82 Å². The van der Waals surface area contributed by atoms with E-state index < -0.39 is 0 Å². The molecule has 0 atom stereocenters. The molecule has 0 radical (unpaired) electrons. The van der Waals surface area contributed by atoms with E-state index in [1.54, 1.807) is 48.0 Å². The van der Waals surface area contributed by atoms with Gasteiger partial charge in [0, 0.05) is 36.6 Å². The molecule has 0 aromatic heterocycles. The van der Waals surface area contributed by atoms with Crippen molar-refractivity contribution in [3.05, 3.63) is 59.9 Å². The molecule has 30 heavy (non-hydrogen) atoms. The maximum atomic E-state index is 13.2. The molecule has 4 rings (SSSR count). The van der Waals surface area contributed by atoms with Gasteiger partial charge in [-0.2, -0.15) is 0 Å². The maximum absolute atomic E-state index is 13.2. The SMILES string of the molecule is COc1ccc(NC(=O)N2CCC3(CC2)SCCN3C(=O)c2ccc(F)cc2)cc1. The molecular formula is C22H24FN3O3S. The van der Waals surface area contributed by atoms with E-state index in [9.17, 15) is 14.0 Å². The van der Waals surface area contributed by atoms with Crippen molar-refractivity contribution in [2.24, 2.45) is 0 Å². The Morgan fingerprint density at radius 1 is 1.03 bits per heavy atom. The molecule has 1 N–H and O–H groups in total. The van der Waals surface area contributed by atoms with Gasteiger partial charge in [-0.25, -0.2) is 9.18 Å². The van der Waals surface area contributed by atoms with Crippen LogP contribution in [0.3, 0.4) is 0 Å². The zero-order chi connectivity index (χ0) is 21.1. The Balaban J connectivity index is 1.38. The summed E-state index contributed by atoms with van der Waals surface area (Å²) < 4.78 is 18.3. The number of rotatable bonds is 3. The Morgan fingerprint density at radius 3 is 2.33 bits per heavy atom. The first-order valence-corrected chi connectivity index (χ1v) is 10.9. The van der Waals surface area contributed by atoms with Gasteiger partial charge in [-0.3, -0.25) is 4.79 Å². The molecule has 2 heterocycles. The Kier molecular flexibility index (Phi) is 5.85. The molecule has 2 fully saturated rings. The van der Waals surface area contributed by atoms with Crippen LogP contribution in [-0.2, 0) is 0 Å². The van der Waals surface area contributed by atoms with Crippen LogP contribution in [0.5, 0.6) is 5.75 Å². The number of ether oxygens (including phenoxy) is 1. The molecule has 3 amide bonds. The van der Waals surface area contributed by atoms with Crippen LogP contribution >= 0.6 is 11.8 Å². The fourth-order valence-corrected chi connectivity index (χ4v) is 5.45. The number of halogens is 1. The molecule has 158 valence electrons. The maximum Gasteiger partial charge on any atom is 0.321 e. The number of nitrogens with one attached hydrogen (secondary N) is 1. The second kappa shape index (κ2) is 8.55. The van der Waals surface area contributed by atoms with Crippen molar-refractivity contribution in [2.75, 3.05) is 37.8 Å². The fraction of sp³-hybridized carbons (Fsp3) is 0.364. The summed E-state index contributed by atoms with van der Waals surface area (Å²) in [6, 6.07) is 12.8. The third-order valence-electron chi connectivity index (χ3n) is 5.69. The third kappa shape index (κ3) is 4.09. The van der Waals surface area contributed by atoms with Crippen LogP contribution in [0.4, 0.5) is 14.9 Å². The monoisotopic (exact) mass is 429 g/mol. The molecule has 2 aromatic carbocycles. The number of hydrogen-bond donors (Lipinski definition) is 1. The van der Waals surface area contributed by atoms with Gasteiger partial charge in [0.05, 0.1) is 12.0 Å². The molecule has 0 aliphatic carbocycles. The lowest BCUT2D eigenvalue weighted by molar-refractivity contribution is 0.0585. The van der Waals surface area contributed by atoms with E-state index in [2.05, 4.69) is 5.32 Å². The van der Waals surface area contributed by atoms with Crippen molar-refractivity contribution in [3.63, 3.8) is 0 Å². The minimum absolute atomic E-state index is 0.0730. The van der Waals surface area contributed by atoms with Crippen molar-refractivity contribution in [1.82, 2.24) is 9.80 Å². The van der Waals surface area contributed by atoms with Crippen molar-refractivity contribution in [3.8, 4) is 5.75 Å². The van der Waals surface area contributed by atoms with E-state index in [0.717, 1.165) is 11.5 Å². The number of amides is 3. The molecule has 1 spiro atoms. The summed E-state index contributed by atoms with van der Waals surface area (Å²) in [4.78, 5) is 29.1. The second-order valence-electron chi connectivity index (χ2n) is 7.40. The van der Waals surface area contributed by atoms with E-state index in [1.807, 2.05) is 4.90 Å². The third-order valence-corrected chi connectivity index (χ3v) is 7.24. The average molecular weight is 430 g/mol. The van der Waals surface area contributed by atoms with Crippen LogP contribution in [0.25, 0.3) is 0 Å². The van der Waals surface area contributed by atoms with Gasteiger partial charge in [0.2, 0.25) is 0 Å². The quantitative estimate of drug-likeness (QED) is 0.800. The number of urea groups is 1. The van der Waals surface area contributed by atoms with Crippen molar-refractivity contribution >= 4 is 29.4 Å². The second-order valence-corrected chi connectivity index (χ2v) is 8.86. The van der Waals surface area contributed by atoms with Crippen LogP contribution in [0.15, 0.2) is 48.5 Å². The summed E-state index contributed by atoms with van der Waals surface area (Å²) in [5.41, 5.74) is 1.21. The molecule has 8 heteroatoms. The van der Waals surface area contributed by atoms with Gasteiger partial charge in [0.25, 0.3) is 5.91 Å². The fourth-order valence-electron chi connectivity index (χ4n) is 3.99. The van der Waals surface area contributed by atoms with Gasteiger partial charge in [0.1, 0.15) is 11.6 Å². The summed E-state index contributed by atoms with van der Waals surface area (Å²) in [5.74, 6) is 1.17. The van der Waals surface area contributed by atoms with E-state index in [-0.39, 0.29) is 22.6 Å². The number of anilines is 1. The van der Waals surface area contributed by atoms with Crippen molar-refractivity contribution in [2.45, 2.75) is 17.7 Å². The highest BCUT2D eigenvalue weighted by Gasteiger charge is 2.47. The minimum Gasteiger partial charge on any atom is -0.497 e. The van der Waals surface area contributed by atoms with E-state index in [0.29, 0.717) is 43.7 Å². The number of carbonyl (C=O) groups excluding carboxylic acids is 2. The molecule has 2 aliphatic heterocycles. The molecular weight excluding hydrogens is 405 g/mol. The molecule has 0 bridgehead atoms. The largest absolute Gasteiger partial charge is 0.497 e. The molecule has 2 saturated heterocycles. The first-order chi connectivity index (χ1) is 14.5. The Hall–Kier alpha value is -2.74. The lowest BCUT2D eigenvalue weighted by atomic mass is 10.0. The van der Waals surface area contributed by atoms with E-state index in [4.69, 9.17) is 4.74 Å². The average Bonchev–Trinajstić information content (AvgIpc) is 3.17. The van der Waals surface area contributed by atoms with Crippen LogP contribution in [-0.4, -0.2) is 59.1 Å². The summed E-state index contributed by atoms with van der Waals surface area (Å²) in [6.07, 6.45) is 1.42. The molecule has 0 unspecified atom stereocenters. The van der Waals surface area contributed by atoms with Crippen LogP contribution in [0.2, 0.25) is 0 Å². The number of likely N-dealkylation sites (tertiary alicyclic amines) is 1. The standard InChI is InChI=1S/C22H24FN3O3S/c1-29-19-8-6-18(7-9-19)24-21(28)25-12-10-22(11-13-25)26(14-15-30-22)20(27)16-2-4-17(23)5-3-16/h2-9H,10-15H2,1H3,(H,24,28). The molecule has 6 nitrogen and oxygen atoms in total. The summed E-state index contributed by atoms with van der Waals surface area (Å²) in [7, 11) is 1.60. The first kappa shape index (κ1) is 20.5. The Morgan fingerprint density at radius 2 is 1.70 bits per heavy atom. The van der Waals surface area contributed by atoms with Gasteiger partial charge < -0.3 is 19.9 Å². The number of thioether (sulfide) groups is 1. The number of methoxy groups -OCH3 is 1. The molecule has 2 aliphatic rings. The number of piperidine rings is 1. The predicted molar refractivity (Wildman–Crippen MR) is 115 cm³/mol. The smallest absolute Gasteiger partial charge is 0.321 e. The van der Waals surface area contributed by atoms with Crippen LogP contribution < -0.4 is 10.1 Å². The number of benzene rings is 2. The zero-order valence-electron chi connectivity index (χ0n) is 16.8. The lowest BCUT2D eigenvalue weighted by Crippen LogP contribution is -2.54. The summed E-state index contributed by atoms with van der Waals surface area (Å²) in [5, 5.41) is 2.92. The topological polar surface area (TPSA) is 61.9 Å². The first-order valence-electron chi connectivity index (χ1n) is 9.92. The van der Waals surface area contributed by atoms with Gasteiger partial charge >= 0.3 is 6.03 Å². The van der Waals surface area contributed by atoms with Crippen molar-refractivity contribution in [1.29, 1.82) is 0 Å². The molecule has 0 saturated carbocycles. The zero-order valence-corrected chi connectivity index (χ0v) is 17.6.